The number of nitrogens with one attached hydrogen (secondary N) is 1. The highest BCUT2D eigenvalue weighted by Crippen LogP contribution is 2.24. The van der Waals surface area contributed by atoms with Gasteiger partial charge in [0.1, 0.15) is 18.2 Å². The summed E-state index contributed by atoms with van der Waals surface area (Å²) < 4.78 is 12.9. The van der Waals surface area contributed by atoms with E-state index < -0.39 is 0 Å². The Kier molecular flexibility index (Phi) is 8.03. The first-order valence-electron chi connectivity index (χ1n) is 12.4. The highest BCUT2D eigenvalue weighted by atomic mass is 16.5. The zero-order valence-electron chi connectivity index (χ0n) is 21.5. The molecule has 0 saturated carbocycles. The molecule has 1 amide bonds. The molecule has 8 heteroatoms. The van der Waals surface area contributed by atoms with Gasteiger partial charge in [0.25, 0.3) is 5.91 Å². The van der Waals surface area contributed by atoms with Crippen LogP contribution in [0.3, 0.4) is 0 Å². The third kappa shape index (κ3) is 6.38. The number of methoxy groups -OCH3 is 1. The van der Waals surface area contributed by atoms with Crippen molar-refractivity contribution < 1.29 is 13.9 Å². The molecule has 1 aliphatic rings. The van der Waals surface area contributed by atoms with Crippen molar-refractivity contribution in [2.24, 2.45) is 5.92 Å². The van der Waals surface area contributed by atoms with E-state index in [1.165, 1.54) is 16.7 Å². The maximum atomic E-state index is 13.0. The summed E-state index contributed by atoms with van der Waals surface area (Å²) in [5, 5.41) is 12.2. The molecule has 0 unspecified atom stereocenters. The molecular formula is C27H37N5O3. The predicted molar refractivity (Wildman–Crippen MR) is 134 cm³/mol. The van der Waals surface area contributed by atoms with Crippen LogP contribution in [-0.4, -0.2) is 45.8 Å². The number of aromatic nitrogens is 3. The van der Waals surface area contributed by atoms with E-state index in [0.717, 1.165) is 50.7 Å². The SMILES string of the molecule is COCc1ccc(C(=O)N[C@@H](CC(C)C)c2nnc3n2CCN(Cc2cc(C)cc(C)c2)CC3)o1. The Labute approximate surface area is 207 Å². The molecule has 0 radical (unpaired) electrons. The van der Waals surface area contributed by atoms with Crippen LogP contribution in [0.2, 0.25) is 0 Å². The molecule has 1 aliphatic heterocycles. The van der Waals surface area contributed by atoms with Crippen LogP contribution in [0.15, 0.2) is 34.7 Å². The van der Waals surface area contributed by atoms with E-state index in [9.17, 15) is 4.79 Å². The highest BCUT2D eigenvalue weighted by molar-refractivity contribution is 5.91. The normalized spacial score (nSPS) is 15.1. The van der Waals surface area contributed by atoms with Crippen molar-refractivity contribution in [3.8, 4) is 0 Å². The number of hydrogen-bond acceptors (Lipinski definition) is 6. The molecule has 35 heavy (non-hydrogen) atoms. The average molecular weight is 480 g/mol. The second-order valence-corrected chi connectivity index (χ2v) is 10.0. The predicted octanol–water partition coefficient (Wildman–Crippen LogP) is 4.21. The Morgan fingerprint density at radius 3 is 2.60 bits per heavy atom. The van der Waals surface area contributed by atoms with E-state index in [4.69, 9.17) is 9.15 Å². The van der Waals surface area contributed by atoms with Crippen molar-refractivity contribution >= 4 is 5.91 Å². The van der Waals surface area contributed by atoms with E-state index in [0.29, 0.717) is 18.3 Å². The summed E-state index contributed by atoms with van der Waals surface area (Å²) in [6.07, 6.45) is 1.60. The van der Waals surface area contributed by atoms with E-state index in [1.54, 1.807) is 19.2 Å². The van der Waals surface area contributed by atoms with Crippen LogP contribution in [0, 0.1) is 19.8 Å². The Hall–Kier alpha value is -2.97. The summed E-state index contributed by atoms with van der Waals surface area (Å²) in [7, 11) is 1.60. The smallest absolute Gasteiger partial charge is 0.287 e. The fourth-order valence-electron chi connectivity index (χ4n) is 4.87. The minimum atomic E-state index is -0.250. The molecule has 0 spiro atoms. The van der Waals surface area contributed by atoms with Crippen LogP contribution in [-0.2, 0) is 30.9 Å². The molecule has 1 N–H and O–H groups in total. The summed E-state index contributed by atoms with van der Waals surface area (Å²) in [6.45, 7) is 12.5. The van der Waals surface area contributed by atoms with Gasteiger partial charge in [0, 0.05) is 39.7 Å². The largest absolute Gasteiger partial charge is 0.453 e. The monoisotopic (exact) mass is 479 g/mol. The number of aryl methyl sites for hydroxylation is 2. The maximum absolute atomic E-state index is 13.0. The van der Waals surface area contributed by atoms with Crippen molar-refractivity contribution in [1.29, 1.82) is 0 Å². The lowest BCUT2D eigenvalue weighted by molar-refractivity contribution is 0.0892. The molecule has 0 fully saturated rings. The van der Waals surface area contributed by atoms with Crippen molar-refractivity contribution in [2.45, 2.75) is 66.3 Å². The molecule has 2 aromatic heterocycles. The number of ether oxygens (including phenoxy) is 1. The molecule has 4 rings (SSSR count). The van der Waals surface area contributed by atoms with E-state index >= 15 is 0 Å². The van der Waals surface area contributed by atoms with Gasteiger partial charge >= 0.3 is 0 Å². The summed E-state index contributed by atoms with van der Waals surface area (Å²) in [5.41, 5.74) is 3.94. The Morgan fingerprint density at radius 1 is 1.11 bits per heavy atom. The van der Waals surface area contributed by atoms with Gasteiger partial charge in [-0.15, -0.1) is 10.2 Å². The standard InChI is InChI=1S/C27H37N5O3/c1-18(2)12-23(28-27(33)24-7-6-22(35-24)17-34-5)26-30-29-25-8-9-31(10-11-32(25)26)16-21-14-19(3)13-20(4)15-21/h6-7,13-15,18,23H,8-12,16-17H2,1-5H3,(H,28,33)/t23-/m0/s1. The first-order chi connectivity index (χ1) is 16.8. The Bertz CT molecular complexity index is 1130. The third-order valence-electron chi connectivity index (χ3n) is 6.33. The molecule has 1 aromatic carbocycles. The first-order valence-corrected chi connectivity index (χ1v) is 12.4. The van der Waals surface area contributed by atoms with Crippen LogP contribution < -0.4 is 5.32 Å². The minimum absolute atomic E-state index is 0.245. The van der Waals surface area contributed by atoms with Crippen LogP contribution in [0.25, 0.3) is 0 Å². The van der Waals surface area contributed by atoms with Crippen LogP contribution in [0.1, 0.15) is 71.0 Å². The average Bonchev–Trinajstić information content (AvgIpc) is 3.37. The number of fused-ring (bicyclic) bond motifs is 1. The molecule has 0 aliphatic carbocycles. The van der Waals surface area contributed by atoms with Gasteiger partial charge in [0.15, 0.2) is 11.6 Å². The Morgan fingerprint density at radius 2 is 1.89 bits per heavy atom. The lowest BCUT2D eigenvalue weighted by Gasteiger charge is -2.22. The minimum Gasteiger partial charge on any atom is -0.453 e. The number of hydrogen-bond donors (Lipinski definition) is 1. The Balaban J connectivity index is 1.48. The zero-order chi connectivity index (χ0) is 24.9. The molecule has 0 bridgehead atoms. The third-order valence-corrected chi connectivity index (χ3v) is 6.33. The van der Waals surface area contributed by atoms with Crippen LogP contribution in [0.5, 0.6) is 0 Å². The maximum Gasteiger partial charge on any atom is 0.287 e. The van der Waals surface area contributed by atoms with Gasteiger partial charge in [-0.05, 0) is 43.9 Å². The van der Waals surface area contributed by atoms with Crippen LogP contribution in [0.4, 0.5) is 0 Å². The number of carbonyl (C=O) groups is 1. The van der Waals surface area contributed by atoms with Crippen molar-refractivity contribution in [3.63, 3.8) is 0 Å². The van der Waals surface area contributed by atoms with Gasteiger partial charge in [-0.1, -0.05) is 43.2 Å². The lowest BCUT2D eigenvalue weighted by atomic mass is 10.0. The van der Waals surface area contributed by atoms with Crippen molar-refractivity contribution in [1.82, 2.24) is 25.0 Å². The molecule has 188 valence electrons. The first kappa shape index (κ1) is 25.1. The van der Waals surface area contributed by atoms with Gasteiger partial charge < -0.3 is 19.0 Å². The summed E-state index contributed by atoms with van der Waals surface area (Å²) in [5.74, 6) is 2.82. The summed E-state index contributed by atoms with van der Waals surface area (Å²) >= 11 is 0. The quantitative estimate of drug-likeness (QED) is 0.495. The number of carbonyl (C=O) groups excluding carboxylic acids is 1. The highest BCUT2D eigenvalue weighted by Gasteiger charge is 2.27. The summed E-state index contributed by atoms with van der Waals surface area (Å²) in [6, 6.07) is 9.96. The van der Waals surface area contributed by atoms with Crippen molar-refractivity contribution in [2.75, 3.05) is 20.2 Å². The lowest BCUT2D eigenvalue weighted by Crippen LogP contribution is -2.32. The van der Waals surface area contributed by atoms with Crippen molar-refractivity contribution in [3.05, 3.63) is 70.2 Å². The van der Waals surface area contributed by atoms with Gasteiger partial charge in [-0.2, -0.15) is 0 Å². The summed E-state index contributed by atoms with van der Waals surface area (Å²) in [4.78, 5) is 15.5. The van der Waals surface area contributed by atoms with E-state index in [2.05, 4.69) is 70.9 Å². The molecule has 1 atom stereocenters. The number of rotatable bonds is 9. The number of benzene rings is 1. The number of amides is 1. The molecule has 0 saturated heterocycles. The molecule has 3 heterocycles. The van der Waals surface area contributed by atoms with Crippen LogP contribution >= 0.6 is 0 Å². The number of nitrogens with zero attached hydrogens (tertiary/aromatic N) is 4. The second kappa shape index (κ2) is 11.2. The molecular weight excluding hydrogens is 442 g/mol. The number of furan rings is 1. The molecule has 8 nitrogen and oxygen atoms in total. The van der Waals surface area contributed by atoms with E-state index in [-0.39, 0.29) is 17.7 Å². The van der Waals surface area contributed by atoms with Gasteiger partial charge in [0.2, 0.25) is 0 Å². The fourth-order valence-corrected chi connectivity index (χ4v) is 4.87. The van der Waals surface area contributed by atoms with Gasteiger partial charge in [-0.25, -0.2) is 0 Å². The van der Waals surface area contributed by atoms with E-state index in [1.807, 2.05) is 0 Å². The van der Waals surface area contributed by atoms with Gasteiger partial charge in [0.05, 0.1) is 6.04 Å². The topological polar surface area (TPSA) is 85.4 Å². The zero-order valence-corrected chi connectivity index (χ0v) is 21.5. The fraction of sp³-hybridized carbons (Fsp3) is 0.519. The van der Waals surface area contributed by atoms with Gasteiger partial charge in [-0.3, -0.25) is 9.69 Å². The molecule has 3 aromatic rings. The second-order valence-electron chi connectivity index (χ2n) is 10.0.